The molecule has 40 heavy (non-hydrogen) atoms. The Morgan fingerprint density at radius 1 is 0.625 bits per heavy atom. The molecule has 0 heterocycles. The average molecular weight is 576 g/mol. The second-order valence-electron chi connectivity index (χ2n) is 10.7. The molecule has 0 spiro atoms. The van der Waals surface area contributed by atoms with E-state index in [0.717, 1.165) is 6.42 Å². The second-order valence-corrected chi connectivity index (χ2v) is 10.7. The molecule has 0 aliphatic rings. The minimum Gasteiger partial charge on any atom is -0.393 e. The van der Waals surface area contributed by atoms with E-state index in [1.165, 1.54) is 25.2 Å². The summed E-state index contributed by atoms with van der Waals surface area (Å²) in [5.74, 6) is -0.193. The van der Waals surface area contributed by atoms with Gasteiger partial charge in [0, 0.05) is 25.8 Å². The van der Waals surface area contributed by atoms with E-state index in [-0.39, 0.29) is 63.6 Å². The van der Waals surface area contributed by atoms with Gasteiger partial charge < -0.3 is 46.0 Å². The molecule has 0 radical (unpaired) electrons. The van der Waals surface area contributed by atoms with Gasteiger partial charge in [0.05, 0.1) is 54.9 Å². The third kappa shape index (κ3) is 23.2. The van der Waals surface area contributed by atoms with Gasteiger partial charge in [-0.15, -0.1) is 0 Å². The van der Waals surface area contributed by atoms with E-state index >= 15 is 0 Å². The number of nitrogens with zero attached hydrogens (tertiary/aromatic N) is 1. The zero-order valence-corrected chi connectivity index (χ0v) is 23.9. The molecular weight excluding hydrogens is 522 g/mol. The first-order valence-corrected chi connectivity index (χ1v) is 14.2. The minimum atomic E-state index is -1.02. The van der Waals surface area contributed by atoms with Gasteiger partial charge in [-0.1, -0.05) is 24.3 Å². The largest absolute Gasteiger partial charge is 0.393 e. The van der Waals surface area contributed by atoms with Crippen LogP contribution < -0.4 is 0 Å². The van der Waals surface area contributed by atoms with Crippen LogP contribution in [0, 0.1) is 0 Å². The van der Waals surface area contributed by atoms with Gasteiger partial charge in [-0.25, -0.2) is 0 Å². The Morgan fingerprint density at radius 2 is 1.05 bits per heavy atom. The molecule has 0 aromatic carbocycles. The standard InChI is InChI=1S/C29H53NO10/c1-3-30-12-6-11-25(36)14-21(32)7-4-8-23(34)16-28(39)19-29(40)17-24(35)10-5-9-22(33)15-27(38)18-26(37)13-20(2)31/h3-5,8-9,21-29,32-40H,6-7,10-19H2,1-2H3/b8-4+,9-5+,30-3?. The lowest BCUT2D eigenvalue weighted by Crippen LogP contribution is -2.25. The van der Waals surface area contributed by atoms with E-state index in [2.05, 4.69) is 4.99 Å². The number of hydrogen-bond donors (Lipinski definition) is 9. The van der Waals surface area contributed by atoms with Crippen molar-refractivity contribution in [1.29, 1.82) is 0 Å². The number of aliphatic hydroxyl groups excluding tert-OH is 9. The molecule has 9 unspecified atom stereocenters. The molecule has 11 nitrogen and oxygen atoms in total. The molecule has 0 aliphatic carbocycles. The Balaban J connectivity index is 4.20. The number of aliphatic hydroxyl groups is 9. The van der Waals surface area contributed by atoms with Crippen LogP contribution in [-0.2, 0) is 4.79 Å². The Labute approximate surface area is 238 Å². The topological polar surface area (TPSA) is 211 Å². The molecule has 11 heteroatoms. The number of carbonyl (C=O) groups is 1. The van der Waals surface area contributed by atoms with E-state index in [1.807, 2.05) is 6.92 Å². The van der Waals surface area contributed by atoms with Crippen LogP contribution in [0.15, 0.2) is 29.3 Å². The molecule has 0 rings (SSSR count). The maximum atomic E-state index is 11.0. The van der Waals surface area contributed by atoms with E-state index in [0.29, 0.717) is 13.0 Å². The first-order valence-electron chi connectivity index (χ1n) is 14.2. The average Bonchev–Trinajstić information content (AvgIpc) is 2.80. The van der Waals surface area contributed by atoms with E-state index in [9.17, 15) is 50.8 Å². The lowest BCUT2D eigenvalue weighted by atomic mass is 9.99. The molecule has 9 N–H and O–H groups in total. The molecule has 0 aromatic heterocycles. The highest BCUT2D eigenvalue weighted by molar-refractivity contribution is 5.75. The molecule has 0 fully saturated rings. The molecular formula is C29H53NO10. The molecule has 0 amide bonds. The number of hydrogen-bond acceptors (Lipinski definition) is 11. The predicted octanol–water partition coefficient (Wildman–Crippen LogP) is 0.318. The fraction of sp³-hybridized carbons (Fsp3) is 0.793. The zero-order chi connectivity index (χ0) is 30.5. The van der Waals surface area contributed by atoms with Gasteiger partial charge in [-0.2, -0.15) is 0 Å². The Hall–Kier alpha value is -1.54. The molecule has 9 atom stereocenters. The van der Waals surface area contributed by atoms with Crippen LogP contribution in [0.2, 0.25) is 0 Å². The van der Waals surface area contributed by atoms with Crippen molar-refractivity contribution in [2.24, 2.45) is 4.99 Å². The van der Waals surface area contributed by atoms with Crippen LogP contribution >= 0.6 is 0 Å². The van der Waals surface area contributed by atoms with Gasteiger partial charge in [-0.3, -0.25) is 9.79 Å². The smallest absolute Gasteiger partial charge is 0.132 e. The second kappa shape index (κ2) is 23.1. The third-order valence-corrected chi connectivity index (χ3v) is 6.27. The zero-order valence-electron chi connectivity index (χ0n) is 23.9. The SMILES string of the molecule is CC=NCCCC(O)CC(O)C/C=C/C(O)CC(O)CC(O)CC(O)C/C=C/C(O)CC(O)CC(O)CC(C)=O. The molecule has 234 valence electrons. The van der Waals surface area contributed by atoms with Crippen molar-refractivity contribution < 1.29 is 50.8 Å². The summed E-state index contributed by atoms with van der Waals surface area (Å²) in [5.41, 5.74) is 0. The van der Waals surface area contributed by atoms with E-state index in [4.69, 9.17) is 0 Å². The lowest BCUT2D eigenvalue weighted by Gasteiger charge is -2.19. The summed E-state index contributed by atoms with van der Waals surface area (Å²) >= 11 is 0. The Bertz CT molecular complexity index is 732. The van der Waals surface area contributed by atoms with Gasteiger partial charge >= 0.3 is 0 Å². The summed E-state index contributed by atoms with van der Waals surface area (Å²) in [7, 11) is 0. The van der Waals surface area contributed by atoms with Gasteiger partial charge in [0.1, 0.15) is 5.78 Å². The van der Waals surface area contributed by atoms with Crippen LogP contribution in [-0.4, -0.2) is 119 Å². The summed E-state index contributed by atoms with van der Waals surface area (Å²) in [4.78, 5) is 15.0. The first kappa shape index (κ1) is 38.5. The Morgan fingerprint density at radius 3 is 1.52 bits per heavy atom. The van der Waals surface area contributed by atoms with Crippen LogP contribution in [0.1, 0.15) is 84.5 Å². The highest BCUT2D eigenvalue weighted by atomic mass is 16.3. The van der Waals surface area contributed by atoms with Crippen molar-refractivity contribution in [2.75, 3.05) is 6.54 Å². The quantitative estimate of drug-likeness (QED) is 0.0437. The van der Waals surface area contributed by atoms with E-state index in [1.54, 1.807) is 12.3 Å². The number of ketones is 1. The van der Waals surface area contributed by atoms with Crippen LogP contribution in [0.3, 0.4) is 0 Å². The van der Waals surface area contributed by atoms with Gasteiger partial charge in [0.15, 0.2) is 0 Å². The van der Waals surface area contributed by atoms with Crippen molar-refractivity contribution in [3.8, 4) is 0 Å². The van der Waals surface area contributed by atoms with Crippen molar-refractivity contribution in [2.45, 2.75) is 139 Å². The highest BCUT2D eigenvalue weighted by Crippen LogP contribution is 2.15. The highest BCUT2D eigenvalue weighted by Gasteiger charge is 2.19. The van der Waals surface area contributed by atoms with Crippen molar-refractivity contribution >= 4 is 12.0 Å². The number of carbonyl (C=O) groups excluding carboxylic acids is 1. The lowest BCUT2D eigenvalue weighted by molar-refractivity contribution is -0.119. The monoisotopic (exact) mass is 575 g/mol. The Kier molecular flexibility index (Phi) is 22.2. The van der Waals surface area contributed by atoms with Crippen LogP contribution in [0.25, 0.3) is 0 Å². The minimum absolute atomic E-state index is 0.0252. The molecule has 0 saturated carbocycles. The predicted molar refractivity (Wildman–Crippen MR) is 153 cm³/mol. The van der Waals surface area contributed by atoms with Crippen molar-refractivity contribution in [1.82, 2.24) is 0 Å². The molecule has 0 aliphatic heterocycles. The first-order chi connectivity index (χ1) is 18.8. The molecule has 0 bridgehead atoms. The van der Waals surface area contributed by atoms with Crippen LogP contribution in [0.4, 0.5) is 0 Å². The summed E-state index contributed by atoms with van der Waals surface area (Å²) in [6.07, 6.45) is 0.957. The van der Waals surface area contributed by atoms with Crippen molar-refractivity contribution in [3.05, 3.63) is 24.3 Å². The maximum Gasteiger partial charge on any atom is 0.132 e. The summed E-state index contributed by atoms with van der Waals surface area (Å²) in [6, 6.07) is 0. The normalized spacial score (nSPS) is 19.5. The van der Waals surface area contributed by atoms with Gasteiger partial charge in [-0.05, 0) is 71.4 Å². The number of aliphatic imine (C=N–C) groups is 1. The van der Waals surface area contributed by atoms with Crippen LogP contribution in [0.5, 0.6) is 0 Å². The summed E-state index contributed by atoms with van der Waals surface area (Å²) < 4.78 is 0. The molecule has 0 saturated heterocycles. The number of Topliss-reactive ketones (excluding diaryl/α,β-unsaturated/α-hetero) is 1. The third-order valence-electron chi connectivity index (χ3n) is 6.27. The fourth-order valence-corrected chi connectivity index (χ4v) is 4.32. The van der Waals surface area contributed by atoms with Gasteiger partial charge in [0.2, 0.25) is 0 Å². The van der Waals surface area contributed by atoms with Gasteiger partial charge in [0.25, 0.3) is 0 Å². The molecule has 0 aromatic rings. The fourth-order valence-electron chi connectivity index (χ4n) is 4.32. The summed E-state index contributed by atoms with van der Waals surface area (Å²) in [6.45, 7) is 3.81. The summed E-state index contributed by atoms with van der Waals surface area (Å²) in [5, 5.41) is 90.1. The van der Waals surface area contributed by atoms with E-state index < -0.39 is 54.9 Å². The number of rotatable bonds is 24. The maximum absolute atomic E-state index is 11.0. The van der Waals surface area contributed by atoms with Crippen molar-refractivity contribution in [3.63, 3.8) is 0 Å².